The first-order valence-corrected chi connectivity index (χ1v) is 4.13. The maximum Gasteiger partial charge on any atom is 0.490 e. The van der Waals surface area contributed by atoms with Crippen LogP contribution in [0.2, 0.25) is 0 Å². The Bertz CT molecular complexity index is 334. The number of carbonyl (C=O) groups excluding carboxylic acids is 1. The number of esters is 1. The van der Waals surface area contributed by atoms with E-state index in [1.807, 2.05) is 0 Å². The van der Waals surface area contributed by atoms with Crippen molar-refractivity contribution in [2.45, 2.75) is 6.92 Å². The highest BCUT2D eigenvalue weighted by atomic mass is 35.5. The maximum absolute atomic E-state index is 11.2. The molecule has 1 heterocycles. The molecule has 1 rings (SSSR count). The van der Waals surface area contributed by atoms with E-state index < -0.39 is 13.1 Å². The van der Waals surface area contributed by atoms with Gasteiger partial charge in [-0.25, -0.2) is 4.79 Å². The second-order valence-electron chi connectivity index (χ2n) is 2.60. The first kappa shape index (κ1) is 13.9. The molecular formula is C8H11BClNO4. The molecule has 0 aliphatic carbocycles. The number of hydrogen-bond donors (Lipinski definition) is 2. The van der Waals surface area contributed by atoms with Gasteiger partial charge in [0.1, 0.15) is 0 Å². The highest BCUT2D eigenvalue weighted by Crippen LogP contribution is 1.97. The number of halogens is 1. The average Bonchev–Trinajstić information content (AvgIpc) is 2.18. The van der Waals surface area contributed by atoms with Crippen LogP contribution in [0.15, 0.2) is 18.5 Å². The van der Waals surface area contributed by atoms with Gasteiger partial charge in [-0.2, -0.15) is 0 Å². The van der Waals surface area contributed by atoms with Gasteiger partial charge in [0.25, 0.3) is 0 Å². The van der Waals surface area contributed by atoms with Crippen molar-refractivity contribution in [2.75, 3.05) is 6.61 Å². The molecule has 0 saturated carbocycles. The van der Waals surface area contributed by atoms with Crippen molar-refractivity contribution < 1.29 is 19.6 Å². The van der Waals surface area contributed by atoms with Crippen LogP contribution < -0.4 is 5.46 Å². The minimum Gasteiger partial charge on any atom is -0.462 e. The van der Waals surface area contributed by atoms with Gasteiger partial charge in [-0.1, -0.05) is 0 Å². The summed E-state index contributed by atoms with van der Waals surface area (Å²) in [4.78, 5) is 14.9. The molecular weight excluding hydrogens is 220 g/mol. The summed E-state index contributed by atoms with van der Waals surface area (Å²) in [5.41, 5.74) is 0.369. The Morgan fingerprint density at radius 1 is 1.53 bits per heavy atom. The Morgan fingerprint density at radius 2 is 2.20 bits per heavy atom. The molecule has 0 amide bonds. The predicted octanol–water partition coefficient (Wildman–Crippen LogP) is -0.640. The molecule has 0 spiro atoms. The van der Waals surface area contributed by atoms with Gasteiger partial charge in [-0.3, -0.25) is 4.98 Å². The fourth-order valence-corrected chi connectivity index (χ4v) is 0.925. The molecule has 0 unspecified atom stereocenters. The largest absolute Gasteiger partial charge is 0.490 e. The van der Waals surface area contributed by atoms with Crippen LogP contribution in [0.1, 0.15) is 17.3 Å². The normalized spacial score (nSPS) is 9.00. The molecule has 0 bridgehead atoms. The lowest BCUT2D eigenvalue weighted by Gasteiger charge is -2.03. The lowest BCUT2D eigenvalue weighted by atomic mass is 9.81. The van der Waals surface area contributed by atoms with Crippen LogP contribution in [0, 0.1) is 0 Å². The van der Waals surface area contributed by atoms with Gasteiger partial charge in [-0.05, 0) is 13.0 Å². The molecule has 1 aromatic heterocycles. The fourth-order valence-electron chi connectivity index (χ4n) is 0.925. The topological polar surface area (TPSA) is 79.7 Å². The minimum atomic E-state index is -1.63. The first-order chi connectivity index (χ1) is 6.65. The Kier molecular flexibility index (Phi) is 5.92. The number of hydrogen-bond acceptors (Lipinski definition) is 5. The van der Waals surface area contributed by atoms with Gasteiger partial charge < -0.3 is 14.8 Å². The summed E-state index contributed by atoms with van der Waals surface area (Å²) in [6, 6.07) is 1.33. The second kappa shape index (κ2) is 6.39. The van der Waals surface area contributed by atoms with E-state index in [2.05, 4.69) is 4.98 Å². The van der Waals surface area contributed by atoms with E-state index in [0.717, 1.165) is 0 Å². The lowest BCUT2D eigenvalue weighted by Crippen LogP contribution is -2.31. The third-order valence-corrected chi connectivity index (χ3v) is 1.57. The van der Waals surface area contributed by atoms with E-state index in [1.54, 1.807) is 6.92 Å². The molecule has 15 heavy (non-hydrogen) atoms. The zero-order valence-electron chi connectivity index (χ0n) is 8.08. The third-order valence-electron chi connectivity index (χ3n) is 1.57. The number of aromatic nitrogens is 1. The number of rotatable bonds is 3. The summed E-state index contributed by atoms with van der Waals surface area (Å²) in [5.74, 6) is -0.525. The monoisotopic (exact) mass is 231 g/mol. The predicted molar refractivity (Wildman–Crippen MR) is 57.3 cm³/mol. The number of nitrogens with zero attached hydrogens (tertiary/aromatic N) is 1. The van der Waals surface area contributed by atoms with Crippen molar-refractivity contribution >= 4 is 31.0 Å². The summed E-state index contributed by atoms with van der Waals surface area (Å²) in [5, 5.41) is 17.6. The molecule has 0 aliphatic heterocycles. The zero-order chi connectivity index (χ0) is 10.6. The van der Waals surface area contributed by atoms with Gasteiger partial charge in [0.2, 0.25) is 0 Å². The third kappa shape index (κ3) is 3.87. The molecule has 0 atom stereocenters. The zero-order valence-corrected chi connectivity index (χ0v) is 8.90. The van der Waals surface area contributed by atoms with Crippen molar-refractivity contribution in [1.82, 2.24) is 4.98 Å². The number of ether oxygens (including phenoxy) is 1. The lowest BCUT2D eigenvalue weighted by molar-refractivity contribution is 0.0526. The van der Waals surface area contributed by atoms with Crippen LogP contribution in [0.5, 0.6) is 0 Å². The van der Waals surface area contributed by atoms with Crippen LogP contribution in [-0.4, -0.2) is 34.7 Å². The standard InChI is InChI=1S/C8H10BNO4.ClH/c1-2-14-8(11)6-3-7(9(12)13)5-10-4-6;/h3-5,12-13H,2H2,1H3;1H. The summed E-state index contributed by atoms with van der Waals surface area (Å²) in [6.07, 6.45) is 2.58. The van der Waals surface area contributed by atoms with Gasteiger partial charge in [-0.15, -0.1) is 12.4 Å². The average molecular weight is 231 g/mol. The molecule has 2 N–H and O–H groups in total. The van der Waals surface area contributed by atoms with E-state index in [-0.39, 0.29) is 30.0 Å². The van der Waals surface area contributed by atoms with Gasteiger partial charge in [0.05, 0.1) is 12.2 Å². The number of carbonyl (C=O) groups is 1. The molecule has 1 aromatic rings. The highest BCUT2D eigenvalue weighted by molar-refractivity contribution is 6.58. The Morgan fingerprint density at radius 3 is 2.73 bits per heavy atom. The molecule has 7 heteroatoms. The summed E-state index contributed by atoms with van der Waals surface area (Å²) in [6.45, 7) is 1.96. The van der Waals surface area contributed by atoms with E-state index in [9.17, 15) is 4.79 Å². The SMILES string of the molecule is CCOC(=O)c1cncc(B(O)O)c1.Cl. The van der Waals surface area contributed by atoms with Crippen molar-refractivity contribution in [3.63, 3.8) is 0 Å². The summed E-state index contributed by atoms with van der Waals surface area (Å²) >= 11 is 0. The second-order valence-corrected chi connectivity index (χ2v) is 2.60. The van der Waals surface area contributed by atoms with Crippen molar-refractivity contribution in [3.8, 4) is 0 Å². The van der Waals surface area contributed by atoms with E-state index >= 15 is 0 Å². The maximum atomic E-state index is 11.2. The molecule has 0 saturated heterocycles. The molecule has 0 aliphatic rings. The molecule has 5 nitrogen and oxygen atoms in total. The molecule has 82 valence electrons. The highest BCUT2D eigenvalue weighted by Gasteiger charge is 2.14. The van der Waals surface area contributed by atoms with Crippen molar-refractivity contribution in [2.24, 2.45) is 0 Å². The molecule has 0 fully saturated rings. The Balaban J connectivity index is 0.00000196. The van der Waals surface area contributed by atoms with E-state index in [4.69, 9.17) is 14.8 Å². The Hall–Kier alpha value is -1.11. The smallest absolute Gasteiger partial charge is 0.462 e. The van der Waals surface area contributed by atoms with Crippen molar-refractivity contribution in [1.29, 1.82) is 0 Å². The molecule has 0 aromatic carbocycles. The van der Waals surface area contributed by atoms with Crippen LogP contribution in [0.25, 0.3) is 0 Å². The quantitative estimate of drug-likeness (QED) is 0.534. The fraction of sp³-hybridized carbons (Fsp3) is 0.250. The molecule has 0 radical (unpaired) electrons. The van der Waals surface area contributed by atoms with Gasteiger partial charge in [0, 0.05) is 17.9 Å². The van der Waals surface area contributed by atoms with Gasteiger partial charge in [0.15, 0.2) is 0 Å². The number of pyridine rings is 1. The van der Waals surface area contributed by atoms with Crippen LogP contribution in [0.4, 0.5) is 0 Å². The van der Waals surface area contributed by atoms with Gasteiger partial charge >= 0.3 is 13.1 Å². The summed E-state index contributed by atoms with van der Waals surface area (Å²) in [7, 11) is -1.63. The first-order valence-electron chi connectivity index (χ1n) is 4.13. The van der Waals surface area contributed by atoms with E-state index in [0.29, 0.717) is 0 Å². The van der Waals surface area contributed by atoms with Crippen LogP contribution in [0.3, 0.4) is 0 Å². The Labute approximate surface area is 93.7 Å². The summed E-state index contributed by atoms with van der Waals surface area (Å²) < 4.78 is 4.72. The van der Waals surface area contributed by atoms with E-state index in [1.165, 1.54) is 18.5 Å². The van der Waals surface area contributed by atoms with Crippen LogP contribution >= 0.6 is 12.4 Å². The van der Waals surface area contributed by atoms with Crippen molar-refractivity contribution in [3.05, 3.63) is 24.0 Å². The minimum absolute atomic E-state index is 0. The van der Waals surface area contributed by atoms with Crippen LogP contribution in [-0.2, 0) is 4.74 Å².